The SMILES string of the molecule is CCCN(CC(=O)C1CCOC1)C1CCNCC1. The Hall–Kier alpha value is -0.450. The van der Waals surface area contributed by atoms with Gasteiger partial charge in [0.1, 0.15) is 0 Å². The van der Waals surface area contributed by atoms with Gasteiger partial charge in [0.15, 0.2) is 5.78 Å². The molecule has 0 spiro atoms. The summed E-state index contributed by atoms with van der Waals surface area (Å²) in [5.41, 5.74) is 0. The molecule has 0 aromatic heterocycles. The second-order valence-electron chi connectivity index (χ2n) is 5.48. The number of carbonyl (C=O) groups excluding carboxylic acids is 1. The average molecular weight is 254 g/mol. The molecule has 2 rings (SSSR count). The molecule has 0 amide bonds. The highest BCUT2D eigenvalue weighted by Gasteiger charge is 2.28. The number of hydrogen-bond acceptors (Lipinski definition) is 4. The third kappa shape index (κ3) is 3.77. The van der Waals surface area contributed by atoms with Crippen LogP contribution in [0.15, 0.2) is 0 Å². The fourth-order valence-corrected chi connectivity index (χ4v) is 2.97. The molecule has 2 heterocycles. The Bertz CT molecular complexity index is 259. The van der Waals surface area contributed by atoms with E-state index in [4.69, 9.17) is 4.74 Å². The van der Waals surface area contributed by atoms with Crippen LogP contribution < -0.4 is 5.32 Å². The van der Waals surface area contributed by atoms with Gasteiger partial charge >= 0.3 is 0 Å². The molecule has 1 unspecified atom stereocenters. The Labute approximate surface area is 110 Å². The second-order valence-corrected chi connectivity index (χ2v) is 5.48. The number of ketones is 1. The molecule has 2 fully saturated rings. The minimum Gasteiger partial charge on any atom is -0.381 e. The normalized spacial score (nSPS) is 25.8. The van der Waals surface area contributed by atoms with Crippen molar-refractivity contribution in [2.45, 2.75) is 38.6 Å². The molecular formula is C14H26N2O2. The minimum absolute atomic E-state index is 0.158. The first kappa shape index (κ1) is 14.0. The first-order valence-corrected chi connectivity index (χ1v) is 7.36. The molecule has 0 bridgehead atoms. The molecule has 0 saturated carbocycles. The van der Waals surface area contributed by atoms with Crippen molar-refractivity contribution >= 4 is 5.78 Å². The first-order chi connectivity index (χ1) is 8.81. The Kier molecular flexibility index (Phi) is 5.60. The molecule has 0 aromatic carbocycles. The second kappa shape index (κ2) is 7.22. The van der Waals surface area contributed by atoms with Gasteiger partial charge in [-0.15, -0.1) is 0 Å². The summed E-state index contributed by atoms with van der Waals surface area (Å²) in [6.45, 7) is 7.45. The van der Waals surface area contributed by atoms with E-state index in [0.29, 0.717) is 25.0 Å². The van der Waals surface area contributed by atoms with Crippen LogP contribution in [-0.2, 0) is 9.53 Å². The fraction of sp³-hybridized carbons (Fsp3) is 0.929. The highest BCUT2D eigenvalue weighted by molar-refractivity contribution is 5.83. The van der Waals surface area contributed by atoms with Gasteiger partial charge in [0.25, 0.3) is 0 Å². The number of nitrogens with zero attached hydrogens (tertiary/aromatic N) is 1. The van der Waals surface area contributed by atoms with Crippen molar-refractivity contribution in [1.82, 2.24) is 10.2 Å². The van der Waals surface area contributed by atoms with Crippen LogP contribution in [0.2, 0.25) is 0 Å². The molecule has 18 heavy (non-hydrogen) atoms. The summed E-state index contributed by atoms with van der Waals surface area (Å²) in [6, 6.07) is 0.595. The standard InChI is InChI=1S/C14H26N2O2/c1-2-8-16(13-3-6-15-7-4-13)10-14(17)12-5-9-18-11-12/h12-13,15H,2-11H2,1H3. The summed E-state index contributed by atoms with van der Waals surface area (Å²) in [7, 11) is 0. The van der Waals surface area contributed by atoms with Gasteiger partial charge < -0.3 is 10.1 Å². The van der Waals surface area contributed by atoms with Gasteiger partial charge in [-0.3, -0.25) is 9.69 Å². The van der Waals surface area contributed by atoms with Crippen LogP contribution in [0.3, 0.4) is 0 Å². The molecular weight excluding hydrogens is 228 g/mol. The third-order valence-corrected chi connectivity index (χ3v) is 4.08. The molecule has 4 heteroatoms. The predicted octanol–water partition coefficient (Wildman–Crippen LogP) is 1.06. The van der Waals surface area contributed by atoms with E-state index < -0.39 is 0 Å². The monoisotopic (exact) mass is 254 g/mol. The molecule has 104 valence electrons. The Morgan fingerprint density at radius 2 is 2.11 bits per heavy atom. The lowest BCUT2D eigenvalue weighted by Gasteiger charge is -2.34. The lowest BCUT2D eigenvalue weighted by Crippen LogP contribution is -2.46. The molecule has 1 atom stereocenters. The van der Waals surface area contributed by atoms with Gasteiger partial charge in [-0.2, -0.15) is 0 Å². The zero-order chi connectivity index (χ0) is 12.8. The van der Waals surface area contributed by atoms with Crippen LogP contribution in [0.25, 0.3) is 0 Å². The van der Waals surface area contributed by atoms with Crippen molar-refractivity contribution in [1.29, 1.82) is 0 Å². The van der Waals surface area contributed by atoms with Crippen LogP contribution in [0, 0.1) is 5.92 Å². The quantitative estimate of drug-likeness (QED) is 0.769. The van der Waals surface area contributed by atoms with E-state index in [2.05, 4.69) is 17.1 Å². The zero-order valence-corrected chi connectivity index (χ0v) is 11.5. The smallest absolute Gasteiger partial charge is 0.152 e. The lowest BCUT2D eigenvalue weighted by atomic mass is 10.00. The van der Waals surface area contributed by atoms with E-state index in [9.17, 15) is 4.79 Å². The van der Waals surface area contributed by atoms with E-state index in [1.54, 1.807) is 0 Å². The van der Waals surface area contributed by atoms with Crippen LogP contribution in [0.1, 0.15) is 32.6 Å². The molecule has 0 aliphatic carbocycles. The molecule has 4 nitrogen and oxygen atoms in total. The largest absolute Gasteiger partial charge is 0.381 e. The topological polar surface area (TPSA) is 41.6 Å². The number of rotatable bonds is 6. The van der Waals surface area contributed by atoms with Crippen LogP contribution in [0.4, 0.5) is 0 Å². The van der Waals surface area contributed by atoms with E-state index in [0.717, 1.165) is 39.1 Å². The number of nitrogens with one attached hydrogen (secondary N) is 1. The number of carbonyl (C=O) groups is 1. The van der Waals surface area contributed by atoms with Crippen LogP contribution >= 0.6 is 0 Å². The number of ether oxygens (including phenoxy) is 1. The number of Topliss-reactive ketones (excluding diaryl/α,β-unsaturated/α-hetero) is 1. The molecule has 1 N–H and O–H groups in total. The van der Waals surface area contributed by atoms with E-state index >= 15 is 0 Å². The zero-order valence-electron chi connectivity index (χ0n) is 11.5. The average Bonchev–Trinajstić information content (AvgIpc) is 2.93. The number of hydrogen-bond donors (Lipinski definition) is 1. The van der Waals surface area contributed by atoms with Crippen molar-refractivity contribution in [3.63, 3.8) is 0 Å². The van der Waals surface area contributed by atoms with Crippen molar-refractivity contribution in [2.24, 2.45) is 5.92 Å². The molecule has 0 radical (unpaired) electrons. The van der Waals surface area contributed by atoms with E-state index in [1.807, 2.05) is 0 Å². The Balaban J connectivity index is 1.85. The van der Waals surface area contributed by atoms with E-state index in [1.165, 1.54) is 12.8 Å². The highest BCUT2D eigenvalue weighted by Crippen LogP contribution is 2.17. The van der Waals surface area contributed by atoms with Crippen molar-refractivity contribution < 1.29 is 9.53 Å². The number of piperidine rings is 1. The summed E-state index contributed by atoms with van der Waals surface area (Å²) in [5.74, 6) is 0.547. The van der Waals surface area contributed by atoms with Crippen molar-refractivity contribution in [3.05, 3.63) is 0 Å². The maximum Gasteiger partial charge on any atom is 0.152 e. The summed E-state index contributed by atoms with van der Waals surface area (Å²) in [4.78, 5) is 14.6. The fourth-order valence-electron chi connectivity index (χ4n) is 2.97. The Morgan fingerprint density at radius 1 is 1.33 bits per heavy atom. The first-order valence-electron chi connectivity index (χ1n) is 7.36. The van der Waals surface area contributed by atoms with Gasteiger partial charge in [-0.05, 0) is 45.3 Å². The minimum atomic E-state index is 0.158. The predicted molar refractivity (Wildman–Crippen MR) is 71.7 cm³/mol. The third-order valence-electron chi connectivity index (χ3n) is 4.08. The van der Waals surface area contributed by atoms with Crippen LogP contribution in [-0.4, -0.2) is 56.1 Å². The van der Waals surface area contributed by atoms with Gasteiger partial charge in [0.05, 0.1) is 13.2 Å². The van der Waals surface area contributed by atoms with Crippen molar-refractivity contribution in [3.8, 4) is 0 Å². The molecule has 2 saturated heterocycles. The lowest BCUT2D eigenvalue weighted by molar-refractivity contribution is -0.124. The molecule has 0 aromatic rings. The van der Waals surface area contributed by atoms with Gasteiger partial charge in [-0.25, -0.2) is 0 Å². The van der Waals surface area contributed by atoms with E-state index in [-0.39, 0.29) is 5.92 Å². The van der Waals surface area contributed by atoms with Gasteiger partial charge in [0, 0.05) is 18.6 Å². The Morgan fingerprint density at radius 3 is 2.72 bits per heavy atom. The van der Waals surface area contributed by atoms with Gasteiger partial charge in [0.2, 0.25) is 0 Å². The van der Waals surface area contributed by atoms with Gasteiger partial charge in [-0.1, -0.05) is 6.92 Å². The summed E-state index contributed by atoms with van der Waals surface area (Å²) in [6.07, 6.45) is 4.40. The summed E-state index contributed by atoms with van der Waals surface area (Å²) in [5, 5.41) is 3.39. The van der Waals surface area contributed by atoms with Crippen molar-refractivity contribution in [2.75, 3.05) is 39.4 Å². The summed E-state index contributed by atoms with van der Waals surface area (Å²) >= 11 is 0. The highest BCUT2D eigenvalue weighted by atomic mass is 16.5. The summed E-state index contributed by atoms with van der Waals surface area (Å²) < 4.78 is 5.32. The van der Waals surface area contributed by atoms with Crippen LogP contribution in [0.5, 0.6) is 0 Å². The maximum absolute atomic E-state index is 12.2. The molecule has 2 aliphatic heterocycles. The maximum atomic E-state index is 12.2. The molecule has 2 aliphatic rings.